The van der Waals surface area contributed by atoms with Crippen LogP contribution < -0.4 is 10.8 Å². The molecule has 0 aliphatic carbocycles. The van der Waals surface area contributed by atoms with Crippen molar-refractivity contribution in [2.24, 2.45) is 5.10 Å². The van der Waals surface area contributed by atoms with Crippen molar-refractivity contribution in [1.29, 1.82) is 0 Å². The fourth-order valence-corrected chi connectivity index (χ4v) is 3.80. The summed E-state index contributed by atoms with van der Waals surface area (Å²) in [5, 5.41) is 6.83. The number of halogens is 2. The standard InChI is InChI=1S/C23H16Cl2N4O/c1-13-6-8-14(9-7-13)21-12-20(16-10-15(24)11-17(25)22(16)30-21)28-29-23-26-18-4-2-3-5-19(18)27-23/h2-12H,1H3,(H2,26,27,29)/b28-20+. The van der Waals surface area contributed by atoms with Gasteiger partial charge in [-0.2, -0.15) is 5.10 Å². The van der Waals surface area contributed by atoms with E-state index in [2.05, 4.69) is 20.5 Å². The summed E-state index contributed by atoms with van der Waals surface area (Å²) in [5.74, 6) is 1.19. The third kappa shape index (κ3) is 3.54. The number of rotatable bonds is 3. The van der Waals surface area contributed by atoms with Gasteiger partial charge in [-0.05, 0) is 31.2 Å². The Bertz CT molecular complexity index is 1420. The van der Waals surface area contributed by atoms with Gasteiger partial charge in [-0.25, -0.2) is 10.4 Å². The van der Waals surface area contributed by atoms with Crippen LogP contribution in [0.5, 0.6) is 0 Å². The van der Waals surface area contributed by atoms with Crippen molar-refractivity contribution in [3.8, 4) is 11.3 Å². The zero-order valence-corrected chi connectivity index (χ0v) is 17.4. The van der Waals surface area contributed by atoms with Gasteiger partial charge in [0.15, 0.2) is 5.58 Å². The second-order valence-electron chi connectivity index (χ2n) is 6.95. The zero-order valence-electron chi connectivity index (χ0n) is 15.9. The lowest BCUT2D eigenvalue weighted by molar-refractivity contribution is 0.618. The first-order chi connectivity index (χ1) is 14.6. The first-order valence-corrected chi connectivity index (χ1v) is 10.1. The Balaban J connectivity index is 1.68. The number of para-hydroxylation sites is 2. The first kappa shape index (κ1) is 18.7. The Morgan fingerprint density at radius 3 is 2.60 bits per heavy atom. The molecule has 0 atom stereocenters. The number of nitrogens with zero attached hydrogens (tertiary/aromatic N) is 2. The SMILES string of the molecule is Cc1ccc(-c2c/c(=N\Nc3nc4ccccc4[nH]3)c3cc(Cl)cc(Cl)c3o2)cc1. The number of imidazole rings is 1. The van der Waals surface area contributed by atoms with Crippen molar-refractivity contribution in [3.05, 3.63) is 87.7 Å². The number of aromatic amines is 1. The molecular formula is C23H16Cl2N4O. The maximum absolute atomic E-state index is 6.43. The average molecular weight is 435 g/mol. The number of aryl methyl sites for hydroxylation is 1. The van der Waals surface area contributed by atoms with Crippen LogP contribution in [0.1, 0.15) is 5.56 Å². The Morgan fingerprint density at radius 2 is 1.80 bits per heavy atom. The smallest absolute Gasteiger partial charge is 0.222 e. The second-order valence-corrected chi connectivity index (χ2v) is 7.80. The van der Waals surface area contributed by atoms with E-state index < -0.39 is 0 Å². The molecule has 3 aromatic carbocycles. The van der Waals surface area contributed by atoms with E-state index >= 15 is 0 Å². The monoisotopic (exact) mass is 434 g/mol. The largest absolute Gasteiger partial charge is 0.454 e. The Hall–Kier alpha value is -3.28. The minimum absolute atomic E-state index is 0.423. The molecule has 0 unspecified atom stereocenters. The molecule has 0 aliphatic heterocycles. The predicted octanol–water partition coefficient (Wildman–Crippen LogP) is 6.52. The molecule has 30 heavy (non-hydrogen) atoms. The van der Waals surface area contributed by atoms with Crippen molar-refractivity contribution < 1.29 is 4.42 Å². The second kappa shape index (κ2) is 7.52. The highest BCUT2D eigenvalue weighted by atomic mass is 35.5. The molecule has 0 saturated heterocycles. The van der Waals surface area contributed by atoms with E-state index in [0.29, 0.717) is 38.1 Å². The summed E-state index contributed by atoms with van der Waals surface area (Å²) in [5.41, 5.74) is 7.39. The van der Waals surface area contributed by atoms with Gasteiger partial charge in [0, 0.05) is 22.0 Å². The maximum atomic E-state index is 6.43. The molecule has 2 aromatic heterocycles. The molecule has 0 bridgehead atoms. The molecule has 5 rings (SSSR count). The molecule has 0 radical (unpaired) electrons. The fraction of sp³-hybridized carbons (Fsp3) is 0.0435. The van der Waals surface area contributed by atoms with Gasteiger partial charge in [-0.15, -0.1) is 0 Å². The van der Waals surface area contributed by atoms with Crippen molar-refractivity contribution in [3.63, 3.8) is 0 Å². The third-order valence-electron chi connectivity index (χ3n) is 4.77. The van der Waals surface area contributed by atoms with Crippen molar-refractivity contribution >= 4 is 51.2 Å². The summed E-state index contributed by atoms with van der Waals surface area (Å²) in [7, 11) is 0. The first-order valence-electron chi connectivity index (χ1n) is 9.31. The normalized spacial score (nSPS) is 12.0. The van der Waals surface area contributed by atoms with Crippen LogP contribution in [-0.2, 0) is 0 Å². The van der Waals surface area contributed by atoms with Crippen LogP contribution in [0.3, 0.4) is 0 Å². The van der Waals surface area contributed by atoms with Gasteiger partial charge in [-0.1, -0.05) is 65.2 Å². The van der Waals surface area contributed by atoms with Gasteiger partial charge >= 0.3 is 0 Å². The van der Waals surface area contributed by atoms with Crippen LogP contribution in [0, 0.1) is 6.92 Å². The van der Waals surface area contributed by atoms with Crippen molar-refractivity contribution in [2.45, 2.75) is 6.92 Å². The highest BCUT2D eigenvalue weighted by Gasteiger charge is 2.11. The van der Waals surface area contributed by atoms with Crippen LogP contribution in [0.15, 0.2) is 76.2 Å². The van der Waals surface area contributed by atoms with Crippen LogP contribution in [0.4, 0.5) is 5.95 Å². The summed E-state index contributed by atoms with van der Waals surface area (Å²) in [6.07, 6.45) is 0. The van der Waals surface area contributed by atoms with Gasteiger partial charge in [0.1, 0.15) is 5.76 Å². The van der Waals surface area contributed by atoms with E-state index in [4.69, 9.17) is 27.6 Å². The lowest BCUT2D eigenvalue weighted by Gasteiger charge is -2.07. The van der Waals surface area contributed by atoms with Gasteiger partial charge in [0.25, 0.3) is 0 Å². The lowest BCUT2D eigenvalue weighted by Crippen LogP contribution is -2.08. The number of nitrogens with one attached hydrogen (secondary N) is 2. The van der Waals surface area contributed by atoms with Gasteiger partial charge < -0.3 is 9.40 Å². The Labute approximate surface area is 182 Å². The van der Waals surface area contributed by atoms with Gasteiger partial charge in [-0.3, -0.25) is 0 Å². The van der Waals surface area contributed by atoms with Crippen molar-refractivity contribution in [2.75, 3.05) is 5.43 Å². The minimum Gasteiger partial charge on any atom is -0.454 e. The van der Waals surface area contributed by atoms with Crippen LogP contribution in [0.25, 0.3) is 33.3 Å². The Kier molecular flexibility index (Phi) is 4.69. The van der Waals surface area contributed by atoms with Gasteiger partial charge in [0.05, 0.1) is 21.4 Å². The number of H-pyrrole nitrogens is 1. The molecule has 5 aromatic rings. The average Bonchev–Trinajstić information content (AvgIpc) is 3.16. The molecule has 7 heteroatoms. The Morgan fingerprint density at radius 1 is 1.00 bits per heavy atom. The maximum Gasteiger partial charge on any atom is 0.222 e. The molecule has 2 N–H and O–H groups in total. The summed E-state index contributed by atoms with van der Waals surface area (Å²) in [4.78, 5) is 7.69. The predicted molar refractivity (Wildman–Crippen MR) is 122 cm³/mol. The number of anilines is 1. The van der Waals surface area contributed by atoms with E-state index in [1.807, 2.05) is 61.5 Å². The number of fused-ring (bicyclic) bond motifs is 2. The lowest BCUT2D eigenvalue weighted by atomic mass is 10.1. The molecule has 2 heterocycles. The highest BCUT2D eigenvalue weighted by molar-refractivity contribution is 6.38. The van der Waals surface area contributed by atoms with Crippen LogP contribution in [0.2, 0.25) is 10.0 Å². The summed E-state index contributed by atoms with van der Waals surface area (Å²) in [6, 6.07) is 21.1. The molecule has 0 aliphatic rings. The molecule has 148 valence electrons. The number of hydrogen-bond donors (Lipinski definition) is 2. The molecule has 0 amide bonds. The van der Waals surface area contributed by atoms with E-state index in [1.54, 1.807) is 12.1 Å². The zero-order chi connectivity index (χ0) is 20.7. The molecule has 0 fully saturated rings. The summed E-state index contributed by atoms with van der Waals surface area (Å²) < 4.78 is 6.11. The topological polar surface area (TPSA) is 66.2 Å². The van der Waals surface area contributed by atoms with Crippen LogP contribution in [-0.4, -0.2) is 9.97 Å². The third-order valence-corrected chi connectivity index (χ3v) is 5.27. The number of aromatic nitrogens is 2. The number of hydrogen-bond acceptors (Lipinski definition) is 4. The summed E-state index contributed by atoms with van der Waals surface area (Å²) >= 11 is 12.7. The number of benzene rings is 3. The molecule has 0 spiro atoms. The molecule has 0 saturated carbocycles. The fourth-order valence-electron chi connectivity index (χ4n) is 3.27. The van der Waals surface area contributed by atoms with Crippen LogP contribution >= 0.6 is 23.2 Å². The van der Waals surface area contributed by atoms with E-state index in [1.165, 1.54) is 5.56 Å². The highest BCUT2D eigenvalue weighted by Crippen LogP contribution is 2.30. The van der Waals surface area contributed by atoms with Crippen molar-refractivity contribution in [1.82, 2.24) is 9.97 Å². The molecule has 5 nitrogen and oxygen atoms in total. The van der Waals surface area contributed by atoms with E-state index in [0.717, 1.165) is 16.6 Å². The van der Waals surface area contributed by atoms with E-state index in [9.17, 15) is 0 Å². The van der Waals surface area contributed by atoms with Gasteiger partial charge in [0.2, 0.25) is 5.95 Å². The van der Waals surface area contributed by atoms with E-state index in [-0.39, 0.29) is 0 Å². The quantitative estimate of drug-likeness (QED) is 0.317. The molecular weight excluding hydrogens is 419 g/mol. The summed E-state index contributed by atoms with van der Waals surface area (Å²) in [6.45, 7) is 2.04. The minimum atomic E-state index is 0.423.